The highest BCUT2D eigenvalue weighted by molar-refractivity contribution is 7.72. The maximum absolute atomic E-state index is 13.4. The Bertz CT molecular complexity index is 610. The van der Waals surface area contributed by atoms with Crippen LogP contribution in [0.4, 0.5) is 0 Å². The molecule has 26 heavy (non-hydrogen) atoms. The summed E-state index contributed by atoms with van der Waals surface area (Å²) in [5.74, 6) is -0.622. The Hall–Kier alpha value is -0.510. The van der Waals surface area contributed by atoms with Crippen molar-refractivity contribution in [3.8, 4) is 6.07 Å². The van der Waals surface area contributed by atoms with Crippen molar-refractivity contribution in [2.75, 3.05) is 26.4 Å². The van der Waals surface area contributed by atoms with Gasteiger partial charge in [0.2, 0.25) is 0 Å². The van der Waals surface area contributed by atoms with Gasteiger partial charge in [-0.25, -0.2) is 0 Å². The van der Waals surface area contributed by atoms with E-state index in [2.05, 4.69) is 6.07 Å². The van der Waals surface area contributed by atoms with Gasteiger partial charge in [-0.1, -0.05) is 6.07 Å². The largest absolute Gasteiger partial charge is 0.345 e. The van der Waals surface area contributed by atoms with E-state index in [1.54, 1.807) is 27.7 Å². The summed E-state index contributed by atoms with van der Waals surface area (Å²) in [4.78, 5) is 0.789. The van der Waals surface area contributed by atoms with E-state index in [0.29, 0.717) is 0 Å². The van der Waals surface area contributed by atoms with E-state index in [9.17, 15) is 14.4 Å². The summed E-state index contributed by atoms with van der Waals surface area (Å²) >= 11 is 1.41. The summed E-state index contributed by atoms with van der Waals surface area (Å²) < 4.78 is 48.6. The van der Waals surface area contributed by atoms with Gasteiger partial charge in [0.1, 0.15) is 0 Å². The van der Waals surface area contributed by atoms with Gasteiger partial charge in [0.05, 0.1) is 38.4 Å². The van der Waals surface area contributed by atoms with Crippen LogP contribution in [0.3, 0.4) is 0 Å². The van der Waals surface area contributed by atoms with E-state index < -0.39 is 26.5 Å². The minimum atomic E-state index is -3.84. The molecule has 0 spiro atoms. The average Bonchev–Trinajstić information content (AvgIpc) is 3.10. The van der Waals surface area contributed by atoms with Gasteiger partial charge >= 0.3 is 15.2 Å². The van der Waals surface area contributed by atoms with Crippen LogP contribution in [0.2, 0.25) is 0 Å². The van der Waals surface area contributed by atoms with Crippen LogP contribution in [-0.4, -0.2) is 31.8 Å². The molecule has 0 N–H and O–H groups in total. The first kappa shape index (κ1) is 23.5. The Kier molecular flexibility index (Phi) is 10.3. The molecule has 1 aromatic heterocycles. The second-order valence-electron chi connectivity index (χ2n) is 5.16. The Morgan fingerprint density at radius 2 is 1.46 bits per heavy atom. The van der Waals surface area contributed by atoms with Crippen LogP contribution in [0.1, 0.15) is 44.9 Å². The van der Waals surface area contributed by atoms with E-state index in [1.807, 2.05) is 17.5 Å². The van der Waals surface area contributed by atoms with Crippen molar-refractivity contribution in [1.82, 2.24) is 0 Å². The number of nitrogens with zero attached hydrogens (tertiary/aromatic N) is 1. The molecule has 0 aliphatic carbocycles. The lowest BCUT2D eigenvalue weighted by molar-refractivity contribution is 0.193. The lowest BCUT2D eigenvalue weighted by atomic mass is 10.1. The van der Waals surface area contributed by atoms with E-state index in [0.717, 1.165) is 4.88 Å². The van der Waals surface area contributed by atoms with Gasteiger partial charge in [-0.05, 0) is 45.6 Å². The average molecular weight is 423 g/mol. The van der Waals surface area contributed by atoms with Crippen molar-refractivity contribution in [3.63, 3.8) is 0 Å². The molecule has 0 unspecified atom stereocenters. The molecule has 148 valence electrons. The van der Waals surface area contributed by atoms with Crippen molar-refractivity contribution >= 4 is 26.5 Å². The van der Waals surface area contributed by atoms with Gasteiger partial charge in [-0.2, -0.15) is 5.26 Å². The van der Waals surface area contributed by atoms with Crippen LogP contribution < -0.4 is 0 Å². The van der Waals surface area contributed by atoms with Crippen LogP contribution in [0.15, 0.2) is 17.5 Å². The number of nitriles is 1. The third-order valence-corrected chi connectivity index (χ3v) is 10.5. The fourth-order valence-corrected chi connectivity index (χ4v) is 8.69. The minimum Gasteiger partial charge on any atom is -0.308 e. The van der Waals surface area contributed by atoms with E-state index in [4.69, 9.17) is 18.1 Å². The molecule has 10 heteroatoms. The number of thiophene rings is 1. The lowest BCUT2D eigenvalue weighted by Gasteiger charge is -2.32. The molecule has 0 radical (unpaired) electrons. The molecule has 0 bridgehead atoms. The van der Waals surface area contributed by atoms with Crippen LogP contribution in [0.25, 0.3) is 0 Å². The van der Waals surface area contributed by atoms with Crippen LogP contribution in [0.5, 0.6) is 0 Å². The molecule has 0 saturated carbocycles. The highest BCUT2D eigenvalue weighted by Crippen LogP contribution is 2.72. The molecular formula is C16H27NO6P2S. The molecule has 1 aromatic rings. The zero-order valence-corrected chi connectivity index (χ0v) is 18.2. The molecule has 0 saturated heterocycles. The molecule has 0 aliphatic rings. The third-order valence-electron chi connectivity index (χ3n) is 3.46. The van der Waals surface area contributed by atoms with E-state index in [-0.39, 0.29) is 32.8 Å². The summed E-state index contributed by atoms with van der Waals surface area (Å²) in [6, 6.07) is 5.84. The summed E-state index contributed by atoms with van der Waals surface area (Å²) in [5.41, 5.74) is 0. The molecule has 1 rings (SSSR count). The summed E-state index contributed by atoms with van der Waals surface area (Å²) in [6.07, 6.45) is -0.00836. The highest BCUT2D eigenvalue weighted by atomic mass is 32.1. The smallest absolute Gasteiger partial charge is 0.308 e. The Morgan fingerprint density at radius 3 is 1.77 bits per heavy atom. The molecule has 0 aliphatic heterocycles. The molecule has 0 aromatic carbocycles. The quantitative estimate of drug-likeness (QED) is 0.381. The fourth-order valence-electron chi connectivity index (χ4n) is 2.50. The van der Waals surface area contributed by atoms with Crippen LogP contribution in [-0.2, 0) is 27.2 Å². The van der Waals surface area contributed by atoms with Gasteiger partial charge in [0, 0.05) is 4.88 Å². The molecule has 7 nitrogen and oxygen atoms in total. The molecule has 0 fully saturated rings. The van der Waals surface area contributed by atoms with Gasteiger partial charge in [0.15, 0.2) is 5.40 Å². The van der Waals surface area contributed by atoms with E-state index in [1.165, 1.54) is 11.3 Å². The van der Waals surface area contributed by atoms with Gasteiger partial charge in [0.25, 0.3) is 0 Å². The van der Waals surface area contributed by atoms with E-state index >= 15 is 0 Å². The second-order valence-corrected chi connectivity index (χ2v) is 11.0. The standard InChI is InChI=1S/C16H27NO6P2S/c1-5-20-24(18,21-6-2)16(25(19,22-7-3)23-8-4)12-14(13-17)15-10-9-11-26-15/h9-11,14,16H,5-8,12H2,1-4H3/t14-/m1/s1. The van der Waals surface area contributed by atoms with Crippen molar-refractivity contribution < 1.29 is 27.2 Å². The van der Waals surface area contributed by atoms with Crippen molar-refractivity contribution in [1.29, 1.82) is 5.26 Å². The molecular weight excluding hydrogens is 396 g/mol. The Balaban J connectivity index is 3.37. The number of rotatable bonds is 13. The molecule has 1 heterocycles. The molecule has 1 atom stereocenters. The summed E-state index contributed by atoms with van der Waals surface area (Å²) in [6.45, 7) is 7.16. The third kappa shape index (κ3) is 6.00. The van der Waals surface area contributed by atoms with Gasteiger partial charge in [-0.15, -0.1) is 11.3 Å². The first-order chi connectivity index (χ1) is 12.4. The highest BCUT2D eigenvalue weighted by Gasteiger charge is 2.51. The maximum Gasteiger partial charge on any atom is 0.345 e. The lowest BCUT2D eigenvalue weighted by Crippen LogP contribution is -2.20. The zero-order chi connectivity index (χ0) is 19.6. The second kappa shape index (κ2) is 11.4. The van der Waals surface area contributed by atoms with Crippen molar-refractivity contribution in [2.45, 2.75) is 45.4 Å². The maximum atomic E-state index is 13.4. The fraction of sp³-hybridized carbons (Fsp3) is 0.688. The monoisotopic (exact) mass is 423 g/mol. The summed E-state index contributed by atoms with van der Waals surface area (Å²) in [7, 11) is -7.68. The first-order valence-corrected chi connectivity index (χ1v) is 12.7. The Morgan fingerprint density at radius 1 is 1.00 bits per heavy atom. The first-order valence-electron chi connectivity index (χ1n) is 8.61. The summed E-state index contributed by atoms with van der Waals surface area (Å²) in [5, 5.41) is 10.3. The normalized spacial score (nSPS) is 13.7. The number of hydrogen-bond acceptors (Lipinski definition) is 8. The van der Waals surface area contributed by atoms with Crippen LogP contribution in [0, 0.1) is 11.3 Å². The van der Waals surface area contributed by atoms with Crippen LogP contribution >= 0.6 is 26.5 Å². The topological polar surface area (TPSA) is 94.9 Å². The van der Waals surface area contributed by atoms with Crippen molar-refractivity contribution in [3.05, 3.63) is 22.4 Å². The zero-order valence-electron chi connectivity index (χ0n) is 15.6. The van der Waals surface area contributed by atoms with Gasteiger partial charge in [-0.3, -0.25) is 9.13 Å². The minimum absolute atomic E-state index is 0.00836. The molecule has 0 amide bonds. The predicted molar refractivity (Wildman–Crippen MR) is 103 cm³/mol. The predicted octanol–water partition coefficient (Wildman–Crippen LogP) is 5.60. The van der Waals surface area contributed by atoms with Gasteiger partial charge < -0.3 is 18.1 Å². The SMILES string of the molecule is CCOP(=O)(OCC)C(C[C@H](C#N)c1cccs1)P(=O)(OCC)OCC. The van der Waals surface area contributed by atoms with Crippen molar-refractivity contribution in [2.24, 2.45) is 0 Å². The Labute approximate surface area is 159 Å². The number of hydrogen-bond donors (Lipinski definition) is 0.